The fourth-order valence-electron chi connectivity index (χ4n) is 6.84. The van der Waals surface area contributed by atoms with E-state index >= 15 is 0 Å². The zero-order chi connectivity index (χ0) is 32.4. The molecule has 1 aliphatic rings. The van der Waals surface area contributed by atoms with Crippen molar-refractivity contribution >= 4 is 5.69 Å². The molecule has 46 heavy (non-hydrogen) atoms. The van der Waals surface area contributed by atoms with Gasteiger partial charge in [0.05, 0.1) is 11.4 Å². The number of nitrogens with zero attached hydrogens (tertiary/aromatic N) is 4. The van der Waals surface area contributed by atoms with Crippen LogP contribution in [0.4, 0.5) is 5.69 Å². The van der Waals surface area contributed by atoms with Gasteiger partial charge >= 0.3 is 0 Å². The molecule has 3 aromatic carbocycles. The van der Waals surface area contributed by atoms with Crippen LogP contribution in [0.5, 0.6) is 0 Å². The topological polar surface area (TPSA) is 32.3 Å². The van der Waals surface area contributed by atoms with E-state index in [2.05, 4.69) is 131 Å². The molecule has 0 amide bonds. The fourth-order valence-corrected chi connectivity index (χ4v) is 6.84. The van der Waals surface area contributed by atoms with Gasteiger partial charge in [0.2, 0.25) is 0 Å². The SMILES string of the molecule is Cc1ccc(N(Cc2ccnc(-c3cc(C)c(C)c(C)c3)c2)C2CCN(Cc3ccnc(-c4cc(C)c(C)c(C)c4)c3)CC2)cc1. The van der Waals surface area contributed by atoms with E-state index < -0.39 is 0 Å². The van der Waals surface area contributed by atoms with Crippen LogP contribution >= 0.6 is 0 Å². The molecule has 1 fully saturated rings. The van der Waals surface area contributed by atoms with Crippen LogP contribution in [-0.2, 0) is 13.1 Å². The summed E-state index contributed by atoms with van der Waals surface area (Å²) in [4.78, 5) is 14.8. The smallest absolute Gasteiger partial charge is 0.0705 e. The fraction of sp³-hybridized carbons (Fsp3) is 0.333. The van der Waals surface area contributed by atoms with Crippen molar-refractivity contribution in [2.75, 3.05) is 18.0 Å². The molecule has 0 unspecified atom stereocenters. The van der Waals surface area contributed by atoms with Crippen LogP contribution in [-0.4, -0.2) is 34.0 Å². The Balaban J connectivity index is 1.17. The largest absolute Gasteiger partial charge is 0.364 e. The summed E-state index contributed by atoms with van der Waals surface area (Å²) < 4.78 is 0. The number of pyridine rings is 2. The summed E-state index contributed by atoms with van der Waals surface area (Å²) in [6, 6.07) is 27.6. The maximum absolute atomic E-state index is 4.78. The van der Waals surface area contributed by atoms with Crippen LogP contribution in [0.15, 0.2) is 85.2 Å². The monoisotopic (exact) mass is 608 g/mol. The Kier molecular flexibility index (Phi) is 9.37. The molecule has 0 atom stereocenters. The number of benzene rings is 3. The van der Waals surface area contributed by atoms with Gasteiger partial charge in [-0.25, -0.2) is 0 Å². The minimum atomic E-state index is 0.478. The highest BCUT2D eigenvalue weighted by Gasteiger charge is 2.26. The molecule has 2 aromatic heterocycles. The summed E-state index contributed by atoms with van der Waals surface area (Å²) in [5, 5.41) is 0. The molecule has 4 heteroatoms. The van der Waals surface area contributed by atoms with Crippen LogP contribution in [0.2, 0.25) is 0 Å². The van der Waals surface area contributed by atoms with Crippen molar-refractivity contribution in [2.45, 2.75) is 80.4 Å². The molecule has 0 radical (unpaired) electrons. The second kappa shape index (κ2) is 13.6. The molecule has 0 bridgehead atoms. The van der Waals surface area contributed by atoms with Gasteiger partial charge in [-0.1, -0.05) is 17.7 Å². The van der Waals surface area contributed by atoms with Crippen LogP contribution in [0.3, 0.4) is 0 Å². The molecule has 0 spiro atoms. The summed E-state index contributed by atoms with van der Waals surface area (Å²) >= 11 is 0. The van der Waals surface area contributed by atoms with E-state index in [1.54, 1.807) is 0 Å². The summed E-state index contributed by atoms with van der Waals surface area (Å²) in [5.74, 6) is 0. The lowest BCUT2D eigenvalue weighted by Gasteiger charge is -2.40. The first kappa shape index (κ1) is 31.7. The maximum atomic E-state index is 4.78. The Morgan fingerprint density at radius 3 is 1.61 bits per heavy atom. The average Bonchev–Trinajstić information content (AvgIpc) is 3.06. The third kappa shape index (κ3) is 7.08. The number of hydrogen-bond acceptors (Lipinski definition) is 4. The Morgan fingerprint density at radius 2 is 1.09 bits per heavy atom. The van der Waals surface area contributed by atoms with E-state index in [0.717, 1.165) is 50.4 Å². The standard InChI is InChI=1S/C42H48N4/c1-28-8-10-39(11-9-28)46(27-36-13-17-44-42(25-36)38-22-31(4)34(7)32(5)23-38)40-14-18-45(19-15-40)26-35-12-16-43-41(24-35)37-20-29(2)33(6)30(3)21-37/h8-13,16-17,20-25,40H,14-15,18-19,26-27H2,1-7H3. The zero-order valence-electron chi connectivity index (χ0n) is 28.7. The van der Waals surface area contributed by atoms with E-state index in [1.165, 1.54) is 66.9 Å². The minimum absolute atomic E-state index is 0.478. The van der Waals surface area contributed by atoms with Crippen LogP contribution < -0.4 is 4.90 Å². The van der Waals surface area contributed by atoms with Gasteiger partial charge in [-0.15, -0.1) is 0 Å². The van der Waals surface area contributed by atoms with Gasteiger partial charge in [0, 0.05) is 61.4 Å². The Labute approximate surface area is 276 Å². The van der Waals surface area contributed by atoms with Gasteiger partial charge in [-0.3, -0.25) is 14.9 Å². The Morgan fingerprint density at radius 1 is 0.609 bits per heavy atom. The number of aryl methyl sites for hydroxylation is 5. The van der Waals surface area contributed by atoms with E-state index in [0.29, 0.717) is 6.04 Å². The van der Waals surface area contributed by atoms with Crippen LogP contribution in [0, 0.1) is 48.5 Å². The highest BCUT2D eigenvalue weighted by molar-refractivity contribution is 5.64. The predicted molar refractivity (Wildman–Crippen MR) is 193 cm³/mol. The maximum Gasteiger partial charge on any atom is 0.0705 e. The third-order valence-electron chi connectivity index (χ3n) is 10.2. The first-order chi connectivity index (χ1) is 22.1. The van der Waals surface area contributed by atoms with Crippen molar-refractivity contribution in [1.82, 2.24) is 14.9 Å². The average molecular weight is 609 g/mol. The zero-order valence-corrected chi connectivity index (χ0v) is 28.7. The number of hydrogen-bond donors (Lipinski definition) is 0. The van der Waals surface area contributed by atoms with E-state index in [-0.39, 0.29) is 0 Å². The lowest BCUT2D eigenvalue weighted by Crippen LogP contribution is -2.44. The van der Waals surface area contributed by atoms with Crippen molar-refractivity contribution in [3.8, 4) is 22.5 Å². The first-order valence-corrected chi connectivity index (χ1v) is 16.8. The van der Waals surface area contributed by atoms with E-state index in [4.69, 9.17) is 9.97 Å². The summed E-state index contributed by atoms with van der Waals surface area (Å²) in [6.07, 6.45) is 6.23. The Hall–Kier alpha value is -4.28. The molecule has 4 nitrogen and oxygen atoms in total. The van der Waals surface area contributed by atoms with Gasteiger partial charge < -0.3 is 4.90 Å². The number of piperidine rings is 1. The molecule has 6 rings (SSSR count). The summed E-state index contributed by atoms with van der Waals surface area (Å²) in [7, 11) is 0. The number of rotatable bonds is 8. The van der Waals surface area contributed by atoms with Crippen molar-refractivity contribution in [3.63, 3.8) is 0 Å². The quantitative estimate of drug-likeness (QED) is 0.176. The van der Waals surface area contributed by atoms with Crippen LogP contribution in [0.25, 0.3) is 22.5 Å². The van der Waals surface area contributed by atoms with Gasteiger partial charge in [0.15, 0.2) is 0 Å². The van der Waals surface area contributed by atoms with Gasteiger partial charge in [0.1, 0.15) is 0 Å². The van der Waals surface area contributed by atoms with Crippen molar-refractivity contribution in [1.29, 1.82) is 0 Å². The molecule has 0 saturated carbocycles. The molecular formula is C42H48N4. The summed E-state index contributed by atoms with van der Waals surface area (Å²) in [6.45, 7) is 19.3. The van der Waals surface area contributed by atoms with Gasteiger partial charge in [0.25, 0.3) is 0 Å². The lowest BCUT2D eigenvalue weighted by atomic mass is 9.97. The first-order valence-electron chi connectivity index (χ1n) is 16.8. The third-order valence-corrected chi connectivity index (χ3v) is 10.2. The second-order valence-electron chi connectivity index (χ2n) is 13.5. The Bertz CT molecular complexity index is 1780. The normalized spacial score (nSPS) is 14.1. The highest BCUT2D eigenvalue weighted by atomic mass is 15.2. The molecule has 0 aliphatic carbocycles. The highest BCUT2D eigenvalue weighted by Crippen LogP contribution is 2.30. The summed E-state index contributed by atoms with van der Waals surface area (Å²) in [5.41, 5.74) is 17.8. The van der Waals surface area contributed by atoms with Crippen molar-refractivity contribution < 1.29 is 0 Å². The van der Waals surface area contributed by atoms with Crippen LogP contribution in [0.1, 0.15) is 62.9 Å². The lowest BCUT2D eigenvalue weighted by molar-refractivity contribution is 0.201. The van der Waals surface area contributed by atoms with E-state index in [1.807, 2.05) is 12.4 Å². The predicted octanol–water partition coefficient (Wildman–Crippen LogP) is 9.64. The molecule has 236 valence electrons. The number of likely N-dealkylation sites (tertiary alicyclic amines) is 1. The van der Waals surface area contributed by atoms with Crippen molar-refractivity contribution in [3.05, 3.63) is 135 Å². The molecular weight excluding hydrogens is 560 g/mol. The molecule has 3 heterocycles. The molecule has 0 N–H and O–H groups in total. The molecule has 1 aliphatic heterocycles. The molecule has 5 aromatic rings. The molecule has 1 saturated heterocycles. The van der Waals surface area contributed by atoms with Crippen molar-refractivity contribution in [2.24, 2.45) is 0 Å². The van der Waals surface area contributed by atoms with E-state index in [9.17, 15) is 0 Å². The number of aromatic nitrogens is 2. The minimum Gasteiger partial charge on any atom is -0.364 e. The second-order valence-corrected chi connectivity index (χ2v) is 13.5. The number of anilines is 1. The van der Waals surface area contributed by atoms with Gasteiger partial charge in [-0.2, -0.15) is 0 Å². The van der Waals surface area contributed by atoms with Gasteiger partial charge in [-0.05, 0) is 166 Å².